The van der Waals surface area contributed by atoms with Gasteiger partial charge in [-0.1, -0.05) is 22.9 Å². The van der Waals surface area contributed by atoms with Crippen LogP contribution in [0.4, 0.5) is 0 Å². The zero-order chi connectivity index (χ0) is 11.5. The topological polar surface area (TPSA) is 56.7 Å². The number of rotatable bonds is 3. The van der Waals surface area contributed by atoms with E-state index in [2.05, 4.69) is 10.3 Å². The molecule has 1 heterocycles. The number of halogens is 1. The highest BCUT2D eigenvalue weighted by Gasteiger charge is 2.05. The van der Waals surface area contributed by atoms with Crippen LogP contribution in [0.15, 0.2) is 24.4 Å². The van der Waals surface area contributed by atoms with Crippen molar-refractivity contribution in [3.05, 3.63) is 40.7 Å². The van der Waals surface area contributed by atoms with Crippen LogP contribution in [0.3, 0.4) is 0 Å². The first-order chi connectivity index (χ1) is 7.70. The lowest BCUT2D eigenvalue weighted by molar-refractivity contribution is 0.791. The summed E-state index contributed by atoms with van der Waals surface area (Å²) in [5.74, 6) is 0. The quantitative estimate of drug-likeness (QED) is 0.883. The lowest BCUT2D eigenvalue weighted by Gasteiger charge is -2.04. The molecular weight excluding hydrogens is 224 g/mol. The summed E-state index contributed by atoms with van der Waals surface area (Å²) in [4.78, 5) is 0. The fourth-order valence-electron chi connectivity index (χ4n) is 1.51. The van der Waals surface area contributed by atoms with Crippen molar-refractivity contribution < 1.29 is 0 Å². The molecule has 0 amide bonds. The number of aryl methyl sites for hydroxylation is 1. The van der Waals surface area contributed by atoms with E-state index < -0.39 is 0 Å². The summed E-state index contributed by atoms with van der Waals surface area (Å²) in [5, 5.41) is 8.79. The van der Waals surface area contributed by atoms with Gasteiger partial charge in [0.25, 0.3) is 0 Å². The number of benzene rings is 1. The maximum Gasteiger partial charge on any atom is 0.0844 e. The van der Waals surface area contributed by atoms with Crippen LogP contribution >= 0.6 is 11.6 Å². The minimum absolute atomic E-state index is 0.577. The zero-order valence-corrected chi connectivity index (χ0v) is 9.78. The smallest absolute Gasteiger partial charge is 0.0844 e. The van der Waals surface area contributed by atoms with Crippen LogP contribution in [-0.4, -0.2) is 21.5 Å². The van der Waals surface area contributed by atoms with E-state index >= 15 is 0 Å². The van der Waals surface area contributed by atoms with Crippen LogP contribution in [0.25, 0.3) is 5.69 Å². The average molecular weight is 237 g/mol. The third-order valence-electron chi connectivity index (χ3n) is 2.36. The highest BCUT2D eigenvalue weighted by atomic mass is 35.5. The third kappa shape index (κ3) is 2.23. The number of hydrogen-bond acceptors (Lipinski definition) is 3. The summed E-state index contributed by atoms with van der Waals surface area (Å²) in [5.41, 5.74) is 8.41. The molecule has 0 unspecified atom stereocenters. The van der Waals surface area contributed by atoms with E-state index in [4.69, 9.17) is 17.3 Å². The molecule has 2 N–H and O–H groups in total. The van der Waals surface area contributed by atoms with Crippen LogP contribution in [0, 0.1) is 6.92 Å². The summed E-state index contributed by atoms with van der Waals surface area (Å²) < 4.78 is 1.73. The van der Waals surface area contributed by atoms with Crippen LogP contribution in [0.5, 0.6) is 0 Å². The van der Waals surface area contributed by atoms with E-state index in [0.717, 1.165) is 23.4 Å². The Kier molecular flexibility index (Phi) is 3.22. The Hall–Kier alpha value is -1.39. The number of nitrogens with two attached hydrogens (primary N) is 1. The van der Waals surface area contributed by atoms with Gasteiger partial charge in [0.05, 0.1) is 17.6 Å². The van der Waals surface area contributed by atoms with Crippen molar-refractivity contribution in [2.24, 2.45) is 5.73 Å². The fraction of sp³-hybridized carbons (Fsp3) is 0.273. The van der Waals surface area contributed by atoms with E-state index in [0.29, 0.717) is 11.6 Å². The van der Waals surface area contributed by atoms with Crippen LogP contribution in [0.1, 0.15) is 11.3 Å². The van der Waals surface area contributed by atoms with Crippen LogP contribution in [-0.2, 0) is 6.42 Å². The SMILES string of the molecule is Cc1ccc(Cl)cc1-n1cc(CCN)nn1. The lowest BCUT2D eigenvalue weighted by atomic mass is 10.2. The Labute approximate surface area is 99.0 Å². The van der Waals surface area contributed by atoms with Crippen LogP contribution < -0.4 is 5.73 Å². The molecule has 0 fully saturated rings. The van der Waals surface area contributed by atoms with Gasteiger partial charge < -0.3 is 5.73 Å². The monoisotopic (exact) mass is 236 g/mol. The molecule has 0 atom stereocenters. The summed E-state index contributed by atoms with van der Waals surface area (Å²) in [6, 6.07) is 5.69. The van der Waals surface area contributed by atoms with Gasteiger partial charge in [-0.3, -0.25) is 0 Å². The standard InChI is InChI=1S/C11H13ClN4/c1-8-2-3-9(12)6-11(8)16-7-10(4-5-13)14-15-16/h2-3,6-7H,4-5,13H2,1H3. The van der Waals surface area contributed by atoms with E-state index in [1.54, 1.807) is 4.68 Å². The molecule has 0 aliphatic carbocycles. The molecule has 0 spiro atoms. The van der Waals surface area contributed by atoms with Crippen molar-refractivity contribution in [2.45, 2.75) is 13.3 Å². The maximum absolute atomic E-state index is 5.95. The van der Waals surface area contributed by atoms with Gasteiger partial charge in [-0.2, -0.15) is 0 Å². The van der Waals surface area contributed by atoms with Crippen molar-refractivity contribution >= 4 is 11.6 Å². The molecule has 0 aliphatic rings. The molecule has 4 nitrogen and oxygen atoms in total. The molecule has 0 saturated carbocycles. The lowest BCUT2D eigenvalue weighted by Crippen LogP contribution is -2.02. The normalized spacial score (nSPS) is 10.7. The third-order valence-corrected chi connectivity index (χ3v) is 2.59. The van der Waals surface area contributed by atoms with Gasteiger partial charge in [-0.25, -0.2) is 4.68 Å². The van der Waals surface area contributed by atoms with Gasteiger partial charge in [-0.15, -0.1) is 5.10 Å². The Bertz CT molecular complexity index is 492. The van der Waals surface area contributed by atoms with Gasteiger partial charge in [0.15, 0.2) is 0 Å². The van der Waals surface area contributed by atoms with E-state index in [1.165, 1.54) is 0 Å². The first-order valence-corrected chi connectivity index (χ1v) is 5.46. The van der Waals surface area contributed by atoms with Crippen molar-refractivity contribution in [1.82, 2.24) is 15.0 Å². The maximum atomic E-state index is 5.95. The van der Waals surface area contributed by atoms with Gasteiger partial charge in [0.2, 0.25) is 0 Å². The second-order valence-corrected chi connectivity index (χ2v) is 4.06. The molecule has 0 aliphatic heterocycles. The second-order valence-electron chi connectivity index (χ2n) is 3.62. The molecule has 2 aromatic rings. The Balaban J connectivity index is 2.38. The molecule has 2 rings (SSSR count). The molecule has 0 saturated heterocycles. The highest BCUT2D eigenvalue weighted by Crippen LogP contribution is 2.18. The van der Waals surface area contributed by atoms with Crippen molar-refractivity contribution in [3.63, 3.8) is 0 Å². The molecule has 1 aromatic carbocycles. The van der Waals surface area contributed by atoms with Gasteiger partial charge in [-0.05, 0) is 31.2 Å². The fourth-order valence-corrected chi connectivity index (χ4v) is 1.67. The second kappa shape index (κ2) is 4.63. The largest absolute Gasteiger partial charge is 0.330 e. The van der Waals surface area contributed by atoms with Crippen LogP contribution in [0.2, 0.25) is 5.02 Å². The molecule has 84 valence electrons. The molecule has 1 aromatic heterocycles. The summed E-state index contributed by atoms with van der Waals surface area (Å²) >= 11 is 5.95. The van der Waals surface area contributed by atoms with Crippen molar-refractivity contribution in [1.29, 1.82) is 0 Å². The first-order valence-electron chi connectivity index (χ1n) is 5.08. The molecule has 0 radical (unpaired) electrons. The predicted molar refractivity (Wildman–Crippen MR) is 63.9 cm³/mol. The van der Waals surface area contributed by atoms with E-state index in [1.807, 2.05) is 31.3 Å². The molecule has 5 heteroatoms. The molecule has 16 heavy (non-hydrogen) atoms. The zero-order valence-electron chi connectivity index (χ0n) is 9.02. The predicted octanol–water partition coefficient (Wildman–Crippen LogP) is 1.73. The van der Waals surface area contributed by atoms with E-state index in [9.17, 15) is 0 Å². The van der Waals surface area contributed by atoms with Gasteiger partial charge >= 0.3 is 0 Å². The van der Waals surface area contributed by atoms with E-state index in [-0.39, 0.29) is 0 Å². The minimum Gasteiger partial charge on any atom is -0.330 e. The number of aromatic nitrogens is 3. The Morgan fingerprint density at radius 1 is 1.44 bits per heavy atom. The highest BCUT2D eigenvalue weighted by molar-refractivity contribution is 6.30. The van der Waals surface area contributed by atoms with Crippen molar-refractivity contribution in [2.75, 3.05) is 6.54 Å². The number of nitrogens with zero attached hydrogens (tertiary/aromatic N) is 3. The average Bonchev–Trinajstić information content (AvgIpc) is 2.71. The van der Waals surface area contributed by atoms with Gasteiger partial charge in [0, 0.05) is 11.4 Å². The van der Waals surface area contributed by atoms with Gasteiger partial charge in [0.1, 0.15) is 0 Å². The minimum atomic E-state index is 0.577. The Morgan fingerprint density at radius 2 is 2.25 bits per heavy atom. The number of hydrogen-bond donors (Lipinski definition) is 1. The molecule has 0 bridgehead atoms. The summed E-state index contributed by atoms with van der Waals surface area (Å²) in [6.45, 7) is 2.59. The summed E-state index contributed by atoms with van der Waals surface area (Å²) in [6.07, 6.45) is 2.62. The Morgan fingerprint density at radius 3 is 3.00 bits per heavy atom. The molecular formula is C11H13ClN4. The summed E-state index contributed by atoms with van der Waals surface area (Å²) in [7, 11) is 0. The first kappa shape index (κ1) is 11.1. The van der Waals surface area contributed by atoms with Crippen molar-refractivity contribution in [3.8, 4) is 5.69 Å².